The molecule has 1 heterocycles. The minimum absolute atomic E-state index is 0.111. The fourth-order valence-electron chi connectivity index (χ4n) is 4.42. The molecule has 0 unspecified atom stereocenters. The quantitative estimate of drug-likeness (QED) is 0.355. The second-order valence-corrected chi connectivity index (χ2v) is 10.3. The van der Waals surface area contributed by atoms with Gasteiger partial charge in [-0.25, -0.2) is 0 Å². The molecule has 3 aromatic rings. The molecule has 1 aliphatic rings. The van der Waals surface area contributed by atoms with Crippen LogP contribution in [-0.4, -0.2) is 42.5 Å². The van der Waals surface area contributed by atoms with E-state index in [-0.39, 0.29) is 24.8 Å². The molecule has 7 heteroatoms. The van der Waals surface area contributed by atoms with Crippen LogP contribution < -0.4 is 14.8 Å². The highest BCUT2D eigenvalue weighted by Gasteiger charge is 2.30. The van der Waals surface area contributed by atoms with Gasteiger partial charge in [0.25, 0.3) is 0 Å². The number of benzene rings is 3. The van der Waals surface area contributed by atoms with Gasteiger partial charge in [0.1, 0.15) is 19.3 Å². The highest BCUT2D eigenvalue weighted by molar-refractivity contribution is 6.31. The summed E-state index contributed by atoms with van der Waals surface area (Å²) in [7, 11) is 0. The second kappa shape index (κ2) is 13.3. The average molecular weight is 535 g/mol. The van der Waals surface area contributed by atoms with Crippen molar-refractivity contribution < 1.29 is 19.1 Å². The highest BCUT2D eigenvalue weighted by Crippen LogP contribution is 2.31. The summed E-state index contributed by atoms with van der Waals surface area (Å²) >= 11 is 6.50. The van der Waals surface area contributed by atoms with Crippen molar-refractivity contribution in [2.24, 2.45) is 5.92 Å². The average Bonchev–Trinajstić information content (AvgIpc) is 2.93. The topological polar surface area (TPSA) is 67.9 Å². The number of halogens is 1. The van der Waals surface area contributed by atoms with Crippen molar-refractivity contribution in [2.45, 2.75) is 45.7 Å². The first-order valence-corrected chi connectivity index (χ1v) is 13.5. The molecule has 1 aliphatic heterocycles. The van der Waals surface area contributed by atoms with E-state index in [9.17, 15) is 9.59 Å². The summed E-state index contributed by atoms with van der Waals surface area (Å²) in [5, 5.41) is 3.62. The first kappa shape index (κ1) is 27.5. The standard InChI is InChI=1S/C31H35ClN2O4/c1-22(2)20-33-31(36)27(18-23-8-4-3-5-9-23)34(21-25-10-6-7-11-26(25)32)30(35)15-13-24-12-14-28-29(19-24)38-17-16-37-28/h3-12,14,19,22,27H,13,15-18,20-21H2,1-2H3,(H,33,36)/t27-/m0/s1. The number of carbonyl (C=O) groups excluding carboxylic acids is 2. The normalized spacial score (nSPS) is 13.2. The third-order valence-electron chi connectivity index (χ3n) is 6.49. The molecule has 0 saturated carbocycles. The molecule has 38 heavy (non-hydrogen) atoms. The van der Waals surface area contributed by atoms with Crippen molar-refractivity contribution in [3.63, 3.8) is 0 Å². The van der Waals surface area contributed by atoms with Crippen molar-refractivity contribution in [2.75, 3.05) is 19.8 Å². The van der Waals surface area contributed by atoms with Crippen molar-refractivity contribution >= 4 is 23.4 Å². The number of hydrogen-bond donors (Lipinski definition) is 1. The monoisotopic (exact) mass is 534 g/mol. The molecule has 2 amide bonds. The number of nitrogens with zero attached hydrogens (tertiary/aromatic N) is 1. The van der Waals surface area contributed by atoms with E-state index in [1.807, 2.05) is 80.6 Å². The smallest absolute Gasteiger partial charge is 0.243 e. The number of hydrogen-bond acceptors (Lipinski definition) is 4. The highest BCUT2D eigenvalue weighted by atomic mass is 35.5. The maximum atomic E-state index is 13.8. The third-order valence-corrected chi connectivity index (χ3v) is 6.86. The van der Waals surface area contributed by atoms with Crippen LogP contribution >= 0.6 is 11.6 Å². The molecule has 0 spiro atoms. The number of aryl methyl sites for hydroxylation is 1. The fraction of sp³-hybridized carbons (Fsp3) is 0.355. The van der Waals surface area contributed by atoms with Gasteiger partial charge in [-0.1, -0.05) is 80.0 Å². The summed E-state index contributed by atoms with van der Waals surface area (Å²) in [4.78, 5) is 29.1. The SMILES string of the molecule is CC(C)CNC(=O)[C@H](Cc1ccccc1)N(Cc1ccccc1Cl)C(=O)CCc1ccc2c(c1)OCCO2. The van der Waals surface area contributed by atoms with Gasteiger partial charge in [0.05, 0.1) is 0 Å². The number of fused-ring (bicyclic) bond motifs is 1. The van der Waals surface area contributed by atoms with E-state index in [2.05, 4.69) is 5.32 Å². The summed E-state index contributed by atoms with van der Waals surface area (Å²) < 4.78 is 11.3. The van der Waals surface area contributed by atoms with Gasteiger partial charge in [-0.3, -0.25) is 9.59 Å². The summed E-state index contributed by atoms with van der Waals surface area (Å²) in [6, 6.07) is 22.3. The van der Waals surface area contributed by atoms with Crippen molar-refractivity contribution in [1.82, 2.24) is 10.2 Å². The Morgan fingerprint density at radius 1 is 0.921 bits per heavy atom. The third kappa shape index (κ3) is 7.51. The van der Waals surface area contributed by atoms with Crippen LogP contribution in [0.4, 0.5) is 0 Å². The van der Waals surface area contributed by atoms with Gasteiger partial charge in [-0.05, 0) is 47.2 Å². The molecular formula is C31H35ClN2O4. The summed E-state index contributed by atoms with van der Waals surface area (Å²) in [6.45, 7) is 5.91. The summed E-state index contributed by atoms with van der Waals surface area (Å²) in [6.07, 6.45) is 1.16. The Kier molecular flexibility index (Phi) is 9.66. The zero-order chi connectivity index (χ0) is 26.9. The van der Waals surface area contributed by atoms with Crippen LogP contribution in [0.15, 0.2) is 72.8 Å². The molecule has 3 aromatic carbocycles. The predicted octanol–water partition coefficient (Wildman–Crippen LogP) is 5.46. The molecule has 0 saturated heterocycles. The van der Waals surface area contributed by atoms with Gasteiger partial charge in [-0.2, -0.15) is 0 Å². The molecule has 1 N–H and O–H groups in total. The lowest BCUT2D eigenvalue weighted by Crippen LogP contribution is -2.51. The molecular weight excluding hydrogens is 500 g/mol. The van der Waals surface area contributed by atoms with Gasteiger partial charge in [-0.15, -0.1) is 0 Å². The van der Waals surface area contributed by atoms with E-state index in [4.69, 9.17) is 21.1 Å². The minimum Gasteiger partial charge on any atom is -0.486 e. The Bertz CT molecular complexity index is 1230. The van der Waals surface area contributed by atoms with Gasteiger partial charge >= 0.3 is 0 Å². The number of rotatable bonds is 11. The second-order valence-electron chi connectivity index (χ2n) is 9.94. The van der Waals surface area contributed by atoms with E-state index in [0.29, 0.717) is 49.3 Å². The number of nitrogens with one attached hydrogen (secondary N) is 1. The van der Waals surface area contributed by atoms with Crippen LogP contribution in [0.3, 0.4) is 0 Å². The molecule has 0 aromatic heterocycles. The van der Waals surface area contributed by atoms with E-state index >= 15 is 0 Å². The first-order chi connectivity index (χ1) is 18.4. The lowest BCUT2D eigenvalue weighted by atomic mass is 10.0. The minimum atomic E-state index is -0.680. The van der Waals surface area contributed by atoms with E-state index in [1.54, 1.807) is 11.0 Å². The Morgan fingerprint density at radius 3 is 2.37 bits per heavy atom. The molecule has 4 rings (SSSR count). The Labute approximate surface area is 229 Å². The summed E-state index contributed by atoms with van der Waals surface area (Å²) in [5.41, 5.74) is 2.77. The first-order valence-electron chi connectivity index (χ1n) is 13.1. The lowest BCUT2D eigenvalue weighted by Gasteiger charge is -2.32. The number of amides is 2. The lowest BCUT2D eigenvalue weighted by molar-refractivity contribution is -0.141. The molecule has 0 aliphatic carbocycles. The van der Waals surface area contributed by atoms with Gasteiger partial charge in [0, 0.05) is 31.0 Å². The maximum absolute atomic E-state index is 13.8. The van der Waals surface area contributed by atoms with Gasteiger partial charge < -0.3 is 19.7 Å². The van der Waals surface area contributed by atoms with Crippen LogP contribution in [0.25, 0.3) is 0 Å². The Balaban J connectivity index is 1.59. The molecule has 200 valence electrons. The van der Waals surface area contributed by atoms with E-state index < -0.39 is 6.04 Å². The van der Waals surface area contributed by atoms with Gasteiger partial charge in [0.15, 0.2) is 11.5 Å². The van der Waals surface area contributed by atoms with Crippen LogP contribution in [0.5, 0.6) is 11.5 Å². The van der Waals surface area contributed by atoms with Crippen LogP contribution in [0.1, 0.15) is 37.0 Å². The van der Waals surface area contributed by atoms with Crippen molar-refractivity contribution in [3.8, 4) is 11.5 Å². The van der Waals surface area contributed by atoms with Crippen LogP contribution in [0, 0.1) is 5.92 Å². The molecule has 0 fully saturated rings. The molecule has 6 nitrogen and oxygen atoms in total. The predicted molar refractivity (Wildman–Crippen MR) is 150 cm³/mol. The molecule has 0 radical (unpaired) electrons. The fourth-order valence-corrected chi connectivity index (χ4v) is 4.62. The largest absolute Gasteiger partial charge is 0.486 e. The van der Waals surface area contributed by atoms with Crippen LogP contribution in [0.2, 0.25) is 5.02 Å². The van der Waals surface area contributed by atoms with Crippen LogP contribution in [-0.2, 0) is 29.0 Å². The van der Waals surface area contributed by atoms with E-state index in [0.717, 1.165) is 22.4 Å². The zero-order valence-electron chi connectivity index (χ0n) is 22.0. The maximum Gasteiger partial charge on any atom is 0.243 e. The van der Waals surface area contributed by atoms with Gasteiger partial charge in [0.2, 0.25) is 11.8 Å². The van der Waals surface area contributed by atoms with Crippen molar-refractivity contribution in [3.05, 3.63) is 94.5 Å². The molecule has 1 atom stereocenters. The van der Waals surface area contributed by atoms with Crippen molar-refractivity contribution in [1.29, 1.82) is 0 Å². The Hall–Kier alpha value is -3.51. The zero-order valence-corrected chi connectivity index (χ0v) is 22.7. The number of carbonyl (C=O) groups is 2. The number of ether oxygens (including phenoxy) is 2. The molecule has 0 bridgehead atoms. The Morgan fingerprint density at radius 2 is 1.63 bits per heavy atom. The summed E-state index contributed by atoms with van der Waals surface area (Å²) in [5.74, 6) is 1.43. The van der Waals surface area contributed by atoms with E-state index in [1.165, 1.54) is 0 Å².